The van der Waals surface area contributed by atoms with E-state index in [1.54, 1.807) is 13.0 Å². The van der Waals surface area contributed by atoms with Crippen LogP contribution >= 0.6 is 0 Å². The first-order valence-corrected chi connectivity index (χ1v) is 12.3. The highest BCUT2D eigenvalue weighted by Crippen LogP contribution is 2.37. The third-order valence-corrected chi connectivity index (χ3v) is 6.71. The summed E-state index contributed by atoms with van der Waals surface area (Å²) in [4.78, 5) is 67.7. The second kappa shape index (κ2) is 11.6. The zero-order valence-electron chi connectivity index (χ0n) is 21.3. The number of rotatable bonds is 8. The van der Waals surface area contributed by atoms with Crippen molar-refractivity contribution in [2.45, 2.75) is 38.5 Å². The molecule has 1 unspecified atom stereocenters. The normalized spacial score (nSPS) is 17.7. The molecule has 4 amide bonds. The molecule has 204 valence electrons. The van der Waals surface area contributed by atoms with Crippen molar-refractivity contribution in [1.82, 2.24) is 20.1 Å². The summed E-state index contributed by atoms with van der Waals surface area (Å²) in [7, 11) is -1.35. The highest BCUT2D eigenvalue weighted by atomic mass is 19.1. The molecule has 0 radical (unpaired) electrons. The van der Waals surface area contributed by atoms with Crippen molar-refractivity contribution in [3.05, 3.63) is 53.1 Å². The van der Waals surface area contributed by atoms with E-state index in [-0.39, 0.29) is 44.7 Å². The summed E-state index contributed by atoms with van der Waals surface area (Å²) in [6.07, 6.45) is 0.924. The molecule has 1 fully saturated rings. The lowest BCUT2D eigenvalue weighted by molar-refractivity contribution is -0.153. The molecule has 12 nitrogen and oxygen atoms in total. The van der Waals surface area contributed by atoms with Gasteiger partial charge in [0.1, 0.15) is 17.5 Å². The zero-order valence-corrected chi connectivity index (χ0v) is 21.3. The van der Waals surface area contributed by atoms with Gasteiger partial charge in [0.2, 0.25) is 0 Å². The second-order valence-corrected chi connectivity index (χ2v) is 9.18. The number of Topliss-reactive ketones (excluding diaryl/α,β-unsaturated/α-hetero) is 1. The second-order valence-electron chi connectivity index (χ2n) is 9.18. The van der Waals surface area contributed by atoms with Gasteiger partial charge in [0.25, 0.3) is 6.47 Å². The number of para-hydroxylation sites is 1. The van der Waals surface area contributed by atoms with Gasteiger partial charge < -0.3 is 24.6 Å². The number of hydrogen-bond donors (Lipinski definition) is 2. The van der Waals surface area contributed by atoms with E-state index >= 15 is 4.39 Å². The fourth-order valence-corrected chi connectivity index (χ4v) is 4.63. The molecule has 0 spiro atoms. The largest absolute Gasteiger partial charge is 0.536 e. The van der Waals surface area contributed by atoms with Crippen molar-refractivity contribution in [1.29, 1.82) is 0 Å². The number of piperazine rings is 1. The van der Waals surface area contributed by atoms with Gasteiger partial charge in [-0.05, 0) is 31.4 Å². The van der Waals surface area contributed by atoms with Gasteiger partial charge >= 0.3 is 25.0 Å². The number of nitrogens with zero attached hydrogens (tertiary/aromatic N) is 3. The SMILES string of the molecule is CCN1CCN(C(=O)NC(C(=O)C[C@H]2Cc3cccc(C)c3OB2O)c2ncc(OC=O)cc2F)C(=O)C1=O. The molecule has 0 saturated carbocycles. The minimum absolute atomic E-state index is 0.0725. The Hall–Kier alpha value is -4.33. The Labute approximate surface area is 223 Å². The number of halogens is 1. The average Bonchev–Trinajstić information content (AvgIpc) is 2.90. The van der Waals surface area contributed by atoms with E-state index in [1.807, 2.05) is 19.1 Å². The third kappa shape index (κ3) is 5.75. The average molecular weight is 540 g/mol. The number of carbonyl (C=O) groups is 5. The van der Waals surface area contributed by atoms with E-state index in [0.717, 1.165) is 23.4 Å². The van der Waals surface area contributed by atoms with Crippen LogP contribution in [0, 0.1) is 12.7 Å². The van der Waals surface area contributed by atoms with Crippen molar-refractivity contribution in [3.63, 3.8) is 0 Å². The number of likely N-dealkylation sites (N-methyl/N-ethyl adjacent to an activating group) is 1. The van der Waals surface area contributed by atoms with Crippen LogP contribution in [-0.4, -0.2) is 76.7 Å². The summed E-state index contributed by atoms with van der Waals surface area (Å²) in [5.41, 5.74) is 1.09. The quantitative estimate of drug-likeness (QED) is 0.283. The van der Waals surface area contributed by atoms with Gasteiger partial charge in [0.05, 0.1) is 6.20 Å². The Balaban J connectivity index is 1.59. The number of hydrogen-bond acceptors (Lipinski definition) is 9. The molecule has 0 bridgehead atoms. The van der Waals surface area contributed by atoms with Crippen molar-refractivity contribution < 1.29 is 42.8 Å². The Morgan fingerprint density at radius 3 is 2.79 bits per heavy atom. The number of aryl methyl sites for hydroxylation is 1. The van der Waals surface area contributed by atoms with Crippen LogP contribution in [0.2, 0.25) is 5.82 Å². The minimum Gasteiger partial charge on any atom is -0.536 e. The Morgan fingerprint density at radius 2 is 2.10 bits per heavy atom. The van der Waals surface area contributed by atoms with E-state index in [4.69, 9.17) is 4.65 Å². The van der Waals surface area contributed by atoms with Crippen molar-refractivity contribution >= 4 is 37.2 Å². The van der Waals surface area contributed by atoms with E-state index in [9.17, 15) is 29.0 Å². The summed E-state index contributed by atoms with van der Waals surface area (Å²) < 4.78 is 25.2. The molecule has 2 atom stereocenters. The summed E-state index contributed by atoms with van der Waals surface area (Å²) in [6.45, 7) is 3.83. The molecular weight excluding hydrogens is 514 g/mol. The lowest BCUT2D eigenvalue weighted by Crippen LogP contribution is -2.58. The monoisotopic (exact) mass is 540 g/mol. The maximum Gasteiger partial charge on any atom is 0.526 e. The summed E-state index contributed by atoms with van der Waals surface area (Å²) >= 11 is 0. The topological polar surface area (TPSA) is 155 Å². The number of nitrogens with one attached hydrogen (secondary N) is 1. The van der Waals surface area contributed by atoms with Crippen LogP contribution in [0.3, 0.4) is 0 Å². The maximum atomic E-state index is 15.0. The number of benzene rings is 1. The van der Waals surface area contributed by atoms with Gasteiger partial charge in [-0.15, -0.1) is 0 Å². The number of aromatic nitrogens is 1. The van der Waals surface area contributed by atoms with Crippen LogP contribution in [0.1, 0.15) is 36.2 Å². The molecular formula is C25H26BFN4O8. The highest BCUT2D eigenvalue weighted by molar-refractivity contribution is 6.46. The molecule has 4 rings (SSSR count). The first kappa shape index (κ1) is 27.7. The first-order valence-electron chi connectivity index (χ1n) is 12.3. The van der Waals surface area contributed by atoms with Crippen LogP contribution in [0.15, 0.2) is 30.5 Å². The predicted octanol–water partition coefficient (Wildman–Crippen LogP) is 0.951. The van der Waals surface area contributed by atoms with Gasteiger partial charge in [-0.2, -0.15) is 0 Å². The maximum absolute atomic E-state index is 15.0. The number of fused-ring (bicyclic) bond motifs is 1. The van der Waals surface area contributed by atoms with Crippen LogP contribution in [0.4, 0.5) is 9.18 Å². The van der Waals surface area contributed by atoms with Crippen molar-refractivity contribution in [2.75, 3.05) is 19.6 Å². The number of pyridine rings is 1. The van der Waals surface area contributed by atoms with Gasteiger partial charge in [0.15, 0.2) is 17.3 Å². The smallest absolute Gasteiger partial charge is 0.526 e. The van der Waals surface area contributed by atoms with Gasteiger partial charge in [-0.3, -0.25) is 29.1 Å². The highest BCUT2D eigenvalue weighted by Gasteiger charge is 2.41. The van der Waals surface area contributed by atoms with E-state index in [1.165, 1.54) is 4.90 Å². The Bertz CT molecular complexity index is 1320. The first-order chi connectivity index (χ1) is 18.6. The Kier molecular flexibility index (Phi) is 8.24. The molecule has 1 aromatic heterocycles. The van der Waals surface area contributed by atoms with Gasteiger partial charge in [0, 0.05) is 37.9 Å². The van der Waals surface area contributed by atoms with Crippen molar-refractivity contribution in [3.8, 4) is 11.5 Å². The Morgan fingerprint density at radius 1 is 1.33 bits per heavy atom. The van der Waals surface area contributed by atoms with Crippen molar-refractivity contribution in [2.24, 2.45) is 0 Å². The molecule has 39 heavy (non-hydrogen) atoms. The number of ketones is 1. The fourth-order valence-electron chi connectivity index (χ4n) is 4.63. The third-order valence-electron chi connectivity index (χ3n) is 6.71. The number of ether oxygens (including phenoxy) is 1. The molecule has 2 aliphatic heterocycles. The van der Waals surface area contributed by atoms with Gasteiger partial charge in [-0.25, -0.2) is 9.18 Å². The number of carbonyl (C=O) groups excluding carboxylic acids is 5. The van der Waals surface area contributed by atoms with Crippen LogP contribution in [0.25, 0.3) is 0 Å². The zero-order chi connectivity index (χ0) is 28.3. The summed E-state index contributed by atoms with van der Waals surface area (Å²) in [5, 5.41) is 12.9. The molecule has 1 saturated heterocycles. The summed E-state index contributed by atoms with van der Waals surface area (Å²) in [6, 6.07) is 3.47. The van der Waals surface area contributed by atoms with E-state index in [2.05, 4.69) is 15.0 Å². The minimum atomic E-state index is -1.69. The number of imide groups is 1. The van der Waals surface area contributed by atoms with Crippen LogP contribution in [-0.2, 0) is 25.6 Å². The van der Waals surface area contributed by atoms with Crippen LogP contribution in [0.5, 0.6) is 11.5 Å². The molecule has 1 aromatic carbocycles. The predicted molar refractivity (Wildman–Crippen MR) is 133 cm³/mol. The molecule has 3 heterocycles. The van der Waals surface area contributed by atoms with E-state index in [0.29, 0.717) is 10.6 Å². The molecule has 2 aliphatic rings. The number of amides is 4. The molecule has 14 heteroatoms. The molecule has 2 N–H and O–H groups in total. The summed E-state index contributed by atoms with van der Waals surface area (Å²) in [5.74, 6) is -4.20. The molecule has 2 aromatic rings. The number of urea groups is 1. The lowest BCUT2D eigenvalue weighted by Gasteiger charge is -2.33. The fraction of sp³-hybridized carbons (Fsp3) is 0.360. The van der Waals surface area contributed by atoms with Gasteiger partial charge in [-0.1, -0.05) is 18.2 Å². The standard InChI is InChI=1S/C25H26BFN4O8/c1-3-30-7-8-31(24(35)23(30)34)25(36)29-21(20-18(27)11-17(12-28-20)38-13-32)19(33)10-16-9-15-6-4-5-14(2)22(15)39-26(16)37/h4-6,11-13,16,21,37H,3,7-10H2,1-2H3,(H,29,36)/t16-,21?/m1/s1. The van der Waals surface area contributed by atoms with Crippen LogP contribution < -0.4 is 14.7 Å². The lowest BCUT2D eigenvalue weighted by atomic mass is 9.64. The molecule has 0 aliphatic carbocycles. The van der Waals surface area contributed by atoms with E-state index < -0.39 is 54.1 Å².